The molecule has 1 aliphatic heterocycles. The zero-order valence-corrected chi connectivity index (χ0v) is 20.8. The number of benzene rings is 2. The van der Waals surface area contributed by atoms with E-state index in [0.29, 0.717) is 18.0 Å². The summed E-state index contributed by atoms with van der Waals surface area (Å²) in [6, 6.07) is 16.9. The number of nitrogens with zero attached hydrogens (tertiary/aromatic N) is 2. The Kier molecular flexibility index (Phi) is 6.49. The number of carbonyl (C=O) groups is 2. The van der Waals surface area contributed by atoms with Gasteiger partial charge >= 0.3 is 0 Å². The molecule has 2 heterocycles. The molecule has 0 aliphatic carbocycles. The van der Waals surface area contributed by atoms with Gasteiger partial charge in [0.25, 0.3) is 11.8 Å². The van der Waals surface area contributed by atoms with Gasteiger partial charge < -0.3 is 9.30 Å². The lowest BCUT2D eigenvalue weighted by Gasteiger charge is -2.29. The van der Waals surface area contributed by atoms with E-state index in [1.807, 2.05) is 51.1 Å². The Bertz CT molecular complexity index is 1280. The highest BCUT2D eigenvalue weighted by atomic mass is 79.9. The maximum Gasteiger partial charge on any atom is 0.270 e. The molecule has 2 aromatic carbocycles. The second-order valence-electron chi connectivity index (χ2n) is 7.52. The predicted octanol–water partition coefficient (Wildman–Crippen LogP) is 5.09. The first-order valence-electron chi connectivity index (χ1n) is 10.4. The molecule has 1 aliphatic rings. The number of aryl methyl sites for hydroxylation is 1. The summed E-state index contributed by atoms with van der Waals surface area (Å²) in [6.45, 7) is 6.39. The van der Waals surface area contributed by atoms with Crippen LogP contribution in [0.25, 0.3) is 11.8 Å². The molecule has 0 saturated carbocycles. The Balaban J connectivity index is 1.71. The first-order valence-corrected chi connectivity index (χ1v) is 11.6. The van der Waals surface area contributed by atoms with Gasteiger partial charge in [0.05, 0.1) is 12.3 Å². The van der Waals surface area contributed by atoms with Crippen LogP contribution in [0.3, 0.4) is 0 Å². The molecule has 0 spiro atoms. The van der Waals surface area contributed by atoms with Crippen LogP contribution in [-0.4, -0.2) is 28.1 Å². The summed E-state index contributed by atoms with van der Waals surface area (Å²) in [4.78, 5) is 27.4. The number of hydrogen-bond acceptors (Lipinski definition) is 4. The van der Waals surface area contributed by atoms with Gasteiger partial charge in [-0.15, -0.1) is 0 Å². The van der Waals surface area contributed by atoms with Crippen molar-refractivity contribution in [3.05, 3.63) is 81.6 Å². The van der Waals surface area contributed by atoms with E-state index in [1.165, 1.54) is 4.90 Å². The largest absolute Gasteiger partial charge is 0.494 e. The number of hydrogen-bond donors (Lipinski definition) is 1. The topological polar surface area (TPSA) is 63.6 Å². The molecule has 0 radical (unpaired) electrons. The molecule has 33 heavy (non-hydrogen) atoms. The van der Waals surface area contributed by atoms with Crippen molar-refractivity contribution in [1.82, 2.24) is 9.88 Å². The number of carbonyl (C=O) groups excluding carboxylic acids is 2. The molecule has 1 saturated heterocycles. The molecule has 168 valence electrons. The summed E-state index contributed by atoms with van der Waals surface area (Å²) in [7, 11) is 0. The smallest absolute Gasteiger partial charge is 0.270 e. The van der Waals surface area contributed by atoms with E-state index < -0.39 is 11.8 Å². The van der Waals surface area contributed by atoms with Gasteiger partial charge in [-0.2, -0.15) is 0 Å². The van der Waals surface area contributed by atoms with Crippen LogP contribution in [0.15, 0.2) is 64.6 Å². The van der Waals surface area contributed by atoms with E-state index in [-0.39, 0.29) is 10.7 Å². The quantitative estimate of drug-likeness (QED) is 0.287. The second kappa shape index (κ2) is 9.33. The number of anilines is 1. The van der Waals surface area contributed by atoms with Crippen LogP contribution in [0, 0.1) is 13.8 Å². The summed E-state index contributed by atoms with van der Waals surface area (Å²) in [5.74, 6) is -0.293. The molecule has 1 N–H and O–H groups in total. The van der Waals surface area contributed by atoms with Gasteiger partial charge in [-0.25, -0.2) is 0 Å². The van der Waals surface area contributed by atoms with Crippen molar-refractivity contribution >= 4 is 56.8 Å². The minimum Gasteiger partial charge on any atom is -0.494 e. The summed E-state index contributed by atoms with van der Waals surface area (Å²) in [5, 5.41) is 2.68. The molecule has 0 unspecified atom stereocenters. The minimum atomic E-state index is -0.513. The second-order valence-corrected chi connectivity index (χ2v) is 8.83. The van der Waals surface area contributed by atoms with Gasteiger partial charge in [0.15, 0.2) is 5.11 Å². The van der Waals surface area contributed by atoms with Gasteiger partial charge in [0.2, 0.25) is 0 Å². The number of nitrogens with one attached hydrogen (secondary N) is 1. The normalized spacial score (nSPS) is 15.2. The lowest BCUT2D eigenvalue weighted by molar-refractivity contribution is -0.122. The lowest BCUT2D eigenvalue weighted by atomic mass is 10.1. The molecule has 3 aromatic rings. The third kappa shape index (κ3) is 4.49. The SMILES string of the molecule is CCOc1ccc(N2C(=O)/C(=C\c3cc(C)n(-c4ccc(Br)cc4)c3C)C(=O)NC2=S)cc1. The van der Waals surface area contributed by atoms with Crippen LogP contribution in [0.2, 0.25) is 0 Å². The van der Waals surface area contributed by atoms with E-state index in [9.17, 15) is 9.59 Å². The summed E-state index contributed by atoms with van der Waals surface area (Å²) in [5.41, 5.74) is 4.27. The van der Waals surface area contributed by atoms with Crippen LogP contribution >= 0.6 is 28.1 Å². The highest BCUT2D eigenvalue weighted by molar-refractivity contribution is 9.10. The molecule has 8 heteroatoms. The summed E-state index contributed by atoms with van der Waals surface area (Å²) >= 11 is 8.75. The van der Waals surface area contributed by atoms with Gasteiger partial charge in [-0.1, -0.05) is 15.9 Å². The molecular formula is C25H22BrN3O3S. The first kappa shape index (κ1) is 22.9. The Morgan fingerprint density at radius 1 is 1.03 bits per heavy atom. The number of thiocarbonyl (C=S) groups is 1. The zero-order chi connectivity index (χ0) is 23.7. The van der Waals surface area contributed by atoms with Crippen molar-refractivity contribution < 1.29 is 14.3 Å². The van der Waals surface area contributed by atoms with E-state index in [1.54, 1.807) is 30.3 Å². The number of amides is 2. The first-order chi connectivity index (χ1) is 15.8. The summed E-state index contributed by atoms with van der Waals surface area (Å²) < 4.78 is 8.54. The molecule has 2 amide bonds. The van der Waals surface area contributed by atoms with Crippen LogP contribution in [0.5, 0.6) is 5.75 Å². The van der Waals surface area contributed by atoms with Crippen molar-refractivity contribution in [3.8, 4) is 11.4 Å². The molecule has 6 nitrogen and oxygen atoms in total. The molecular weight excluding hydrogens is 502 g/mol. The average Bonchev–Trinajstić information content (AvgIpc) is 3.06. The summed E-state index contributed by atoms with van der Waals surface area (Å²) in [6.07, 6.45) is 1.62. The van der Waals surface area contributed by atoms with Gasteiger partial charge in [0.1, 0.15) is 11.3 Å². The van der Waals surface area contributed by atoms with E-state index >= 15 is 0 Å². The molecule has 4 rings (SSSR count). The van der Waals surface area contributed by atoms with Gasteiger partial charge in [-0.05, 0) is 99.2 Å². The molecule has 1 aromatic heterocycles. The molecule has 1 fully saturated rings. The van der Waals surface area contributed by atoms with E-state index in [2.05, 4.69) is 25.8 Å². The third-order valence-corrected chi connectivity index (χ3v) is 6.18. The van der Waals surface area contributed by atoms with Crippen LogP contribution < -0.4 is 15.0 Å². The zero-order valence-electron chi connectivity index (χ0n) is 18.4. The molecule has 0 bridgehead atoms. The highest BCUT2D eigenvalue weighted by Gasteiger charge is 2.34. The van der Waals surface area contributed by atoms with Crippen molar-refractivity contribution in [1.29, 1.82) is 0 Å². The van der Waals surface area contributed by atoms with E-state index in [4.69, 9.17) is 17.0 Å². The Morgan fingerprint density at radius 3 is 2.30 bits per heavy atom. The Morgan fingerprint density at radius 2 is 1.67 bits per heavy atom. The van der Waals surface area contributed by atoms with Crippen LogP contribution in [-0.2, 0) is 9.59 Å². The fourth-order valence-electron chi connectivity index (χ4n) is 3.83. The maximum absolute atomic E-state index is 13.3. The highest BCUT2D eigenvalue weighted by Crippen LogP contribution is 2.27. The Hall–Kier alpha value is -3.23. The predicted molar refractivity (Wildman–Crippen MR) is 137 cm³/mol. The number of rotatable bonds is 5. The number of aromatic nitrogens is 1. The van der Waals surface area contributed by atoms with Gasteiger partial charge in [-0.3, -0.25) is 19.8 Å². The maximum atomic E-state index is 13.3. The fraction of sp³-hybridized carbons (Fsp3) is 0.160. The minimum absolute atomic E-state index is 0.0218. The Labute approximate surface area is 206 Å². The third-order valence-electron chi connectivity index (χ3n) is 5.36. The van der Waals surface area contributed by atoms with Crippen molar-refractivity contribution in [2.75, 3.05) is 11.5 Å². The van der Waals surface area contributed by atoms with Crippen LogP contribution in [0.1, 0.15) is 23.9 Å². The lowest BCUT2D eigenvalue weighted by Crippen LogP contribution is -2.54. The van der Waals surface area contributed by atoms with Crippen molar-refractivity contribution in [2.45, 2.75) is 20.8 Å². The average molecular weight is 524 g/mol. The number of ether oxygens (including phenoxy) is 1. The van der Waals surface area contributed by atoms with Crippen LogP contribution in [0.4, 0.5) is 5.69 Å². The number of halogens is 1. The fourth-order valence-corrected chi connectivity index (χ4v) is 4.37. The monoisotopic (exact) mass is 523 g/mol. The van der Waals surface area contributed by atoms with Crippen molar-refractivity contribution in [2.24, 2.45) is 0 Å². The van der Waals surface area contributed by atoms with E-state index in [0.717, 1.165) is 27.1 Å². The standard InChI is InChI=1S/C25H22BrN3O3S/c1-4-32-21-11-9-20(10-12-21)29-24(31)22(23(30)27-25(29)33)14-17-13-15(2)28(16(17)3)19-7-5-18(26)6-8-19/h5-14H,4H2,1-3H3,(H,27,30,33)/b22-14-. The van der Waals surface area contributed by atoms with Gasteiger partial charge in [0, 0.05) is 21.5 Å². The van der Waals surface area contributed by atoms with Crippen molar-refractivity contribution in [3.63, 3.8) is 0 Å². The molecule has 0 atom stereocenters.